The first-order chi connectivity index (χ1) is 5.55. The van der Waals surface area contributed by atoms with Crippen LogP contribution < -0.4 is 0 Å². The molecule has 0 aliphatic rings. The Balaban J connectivity index is 3.14. The van der Waals surface area contributed by atoms with Crippen molar-refractivity contribution >= 4 is 0 Å². The van der Waals surface area contributed by atoms with E-state index in [9.17, 15) is 13.2 Å². The summed E-state index contributed by atoms with van der Waals surface area (Å²) in [5.41, 5.74) is -1.04. The zero-order valence-electron chi connectivity index (χ0n) is 5.97. The summed E-state index contributed by atoms with van der Waals surface area (Å²) >= 11 is 0. The van der Waals surface area contributed by atoms with Crippen molar-refractivity contribution in [1.82, 2.24) is 4.98 Å². The van der Waals surface area contributed by atoms with E-state index in [0.717, 1.165) is 6.07 Å². The van der Waals surface area contributed by atoms with Gasteiger partial charge in [0.15, 0.2) is 0 Å². The van der Waals surface area contributed by atoms with Crippen LogP contribution in [0, 0.1) is 0 Å². The van der Waals surface area contributed by atoms with Crippen molar-refractivity contribution < 1.29 is 18.3 Å². The van der Waals surface area contributed by atoms with Gasteiger partial charge in [-0.2, -0.15) is 13.2 Å². The van der Waals surface area contributed by atoms with E-state index in [0.29, 0.717) is 6.20 Å². The summed E-state index contributed by atoms with van der Waals surface area (Å²) in [6.45, 7) is -0.628. The minimum atomic E-state index is -4.44. The second-order valence-corrected chi connectivity index (χ2v) is 2.19. The number of aliphatic hydroxyl groups is 1. The molecule has 0 fully saturated rings. The monoisotopic (exact) mass is 177 g/mol. The maximum atomic E-state index is 12.1. The number of alkyl halides is 3. The van der Waals surface area contributed by atoms with E-state index in [-0.39, 0.29) is 5.56 Å². The van der Waals surface area contributed by atoms with Gasteiger partial charge in [-0.3, -0.25) is 4.98 Å². The maximum absolute atomic E-state index is 12.1. The van der Waals surface area contributed by atoms with Crippen LogP contribution in [0.15, 0.2) is 18.5 Å². The fraction of sp³-hybridized carbons (Fsp3) is 0.286. The van der Waals surface area contributed by atoms with Crippen LogP contribution in [-0.2, 0) is 12.8 Å². The van der Waals surface area contributed by atoms with Crippen molar-refractivity contribution in [3.05, 3.63) is 29.6 Å². The second kappa shape index (κ2) is 3.10. The van der Waals surface area contributed by atoms with Crippen LogP contribution in [-0.4, -0.2) is 10.1 Å². The van der Waals surface area contributed by atoms with Gasteiger partial charge in [0.1, 0.15) is 0 Å². The molecule has 0 unspecified atom stereocenters. The van der Waals surface area contributed by atoms with Crippen LogP contribution in [0.4, 0.5) is 13.2 Å². The van der Waals surface area contributed by atoms with Gasteiger partial charge in [0.25, 0.3) is 0 Å². The largest absolute Gasteiger partial charge is 0.418 e. The first-order valence-electron chi connectivity index (χ1n) is 3.16. The van der Waals surface area contributed by atoms with Crippen molar-refractivity contribution in [2.75, 3.05) is 0 Å². The van der Waals surface area contributed by atoms with Crippen molar-refractivity contribution in [1.29, 1.82) is 0 Å². The summed E-state index contributed by atoms with van der Waals surface area (Å²) in [7, 11) is 0. The van der Waals surface area contributed by atoms with Gasteiger partial charge in [-0.05, 0) is 11.6 Å². The molecular formula is C7H6F3NO. The lowest BCUT2D eigenvalue weighted by atomic mass is 10.1. The highest BCUT2D eigenvalue weighted by Crippen LogP contribution is 2.30. The number of aromatic nitrogens is 1. The molecule has 1 aromatic rings. The molecule has 0 aromatic carbocycles. The lowest BCUT2D eigenvalue weighted by Crippen LogP contribution is -2.09. The third-order valence-electron chi connectivity index (χ3n) is 1.39. The predicted octanol–water partition coefficient (Wildman–Crippen LogP) is 1.59. The lowest BCUT2D eigenvalue weighted by Gasteiger charge is -2.09. The van der Waals surface area contributed by atoms with Gasteiger partial charge in [0.05, 0.1) is 12.2 Å². The molecule has 0 radical (unpaired) electrons. The molecule has 1 heterocycles. The van der Waals surface area contributed by atoms with Gasteiger partial charge >= 0.3 is 6.18 Å². The molecule has 1 rings (SSSR count). The molecule has 0 saturated heterocycles. The highest BCUT2D eigenvalue weighted by molar-refractivity contribution is 5.24. The van der Waals surface area contributed by atoms with Gasteiger partial charge < -0.3 is 5.11 Å². The molecule has 1 aromatic heterocycles. The van der Waals surface area contributed by atoms with Gasteiger partial charge in [-0.25, -0.2) is 0 Å². The average molecular weight is 177 g/mol. The molecule has 66 valence electrons. The number of nitrogens with zero attached hydrogens (tertiary/aromatic N) is 1. The molecule has 0 saturated carbocycles. The third-order valence-corrected chi connectivity index (χ3v) is 1.39. The first-order valence-corrected chi connectivity index (χ1v) is 3.16. The van der Waals surface area contributed by atoms with Crippen LogP contribution in [0.25, 0.3) is 0 Å². The topological polar surface area (TPSA) is 33.1 Å². The maximum Gasteiger partial charge on any atom is 0.418 e. The highest BCUT2D eigenvalue weighted by atomic mass is 19.4. The molecule has 0 spiro atoms. The SMILES string of the molecule is OCc1ccncc1C(F)(F)F. The Labute approximate surface area is 66.7 Å². The zero-order valence-corrected chi connectivity index (χ0v) is 5.97. The van der Waals surface area contributed by atoms with Crippen molar-refractivity contribution in [3.8, 4) is 0 Å². The van der Waals surface area contributed by atoms with Crippen molar-refractivity contribution in [3.63, 3.8) is 0 Å². The summed E-state index contributed by atoms with van der Waals surface area (Å²) in [5.74, 6) is 0. The number of halogens is 3. The Bertz CT molecular complexity index is 272. The molecule has 0 bridgehead atoms. The Kier molecular flexibility index (Phi) is 2.32. The van der Waals surface area contributed by atoms with Crippen LogP contribution in [0.3, 0.4) is 0 Å². The van der Waals surface area contributed by atoms with E-state index in [1.54, 1.807) is 0 Å². The number of aliphatic hydroxyl groups excluding tert-OH is 1. The number of hydrogen-bond donors (Lipinski definition) is 1. The summed E-state index contributed by atoms with van der Waals surface area (Å²) in [5, 5.41) is 8.55. The van der Waals surface area contributed by atoms with Crippen LogP contribution in [0.1, 0.15) is 11.1 Å². The van der Waals surface area contributed by atoms with Crippen LogP contribution in [0.5, 0.6) is 0 Å². The Morgan fingerprint density at radius 3 is 2.50 bits per heavy atom. The van der Waals surface area contributed by atoms with Crippen molar-refractivity contribution in [2.24, 2.45) is 0 Å². The first kappa shape index (κ1) is 8.99. The molecule has 0 amide bonds. The molecule has 5 heteroatoms. The highest BCUT2D eigenvalue weighted by Gasteiger charge is 2.33. The Hall–Kier alpha value is -1.10. The Morgan fingerprint density at radius 1 is 1.42 bits per heavy atom. The van der Waals surface area contributed by atoms with E-state index in [1.165, 1.54) is 6.20 Å². The normalized spacial score (nSPS) is 11.7. The minimum Gasteiger partial charge on any atom is -0.392 e. The molecular weight excluding hydrogens is 171 g/mol. The van der Waals surface area contributed by atoms with Crippen molar-refractivity contribution in [2.45, 2.75) is 12.8 Å². The smallest absolute Gasteiger partial charge is 0.392 e. The summed E-state index contributed by atoms with van der Waals surface area (Å²) in [6.07, 6.45) is -2.53. The summed E-state index contributed by atoms with van der Waals surface area (Å²) in [4.78, 5) is 3.33. The Morgan fingerprint density at radius 2 is 2.08 bits per heavy atom. The van der Waals surface area contributed by atoms with Crippen LogP contribution in [0.2, 0.25) is 0 Å². The number of pyridine rings is 1. The molecule has 0 atom stereocenters. The number of rotatable bonds is 1. The van der Waals surface area contributed by atoms with E-state index >= 15 is 0 Å². The van der Waals surface area contributed by atoms with Gasteiger partial charge in [0, 0.05) is 12.4 Å². The molecule has 12 heavy (non-hydrogen) atoms. The summed E-state index contributed by atoms with van der Waals surface area (Å²) < 4.78 is 36.3. The standard InChI is InChI=1S/C7H6F3NO/c8-7(9,10)6-3-11-2-1-5(6)4-12/h1-3,12H,4H2. The van der Waals surface area contributed by atoms with Gasteiger partial charge in [-0.15, -0.1) is 0 Å². The predicted molar refractivity (Wildman–Crippen MR) is 35.2 cm³/mol. The average Bonchev–Trinajstić information content (AvgIpc) is 2.03. The molecule has 1 N–H and O–H groups in total. The fourth-order valence-electron chi connectivity index (χ4n) is 0.816. The lowest BCUT2D eigenvalue weighted by molar-refractivity contribution is -0.138. The summed E-state index contributed by atoms with van der Waals surface area (Å²) in [6, 6.07) is 1.14. The van der Waals surface area contributed by atoms with E-state index in [2.05, 4.69) is 4.98 Å². The fourth-order valence-corrected chi connectivity index (χ4v) is 0.816. The minimum absolute atomic E-state index is 0.155. The zero-order chi connectivity index (χ0) is 9.19. The molecule has 0 aliphatic heterocycles. The third kappa shape index (κ3) is 1.73. The van der Waals surface area contributed by atoms with E-state index < -0.39 is 18.3 Å². The van der Waals surface area contributed by atoms with Gasteiger partial charge in [-0.1, -0.05) is 0 Å². The second-order valence-electron chi connectivity index (χ2n) is 2.19. The van der Waals surface area contributed by atoms with E-state index in [1.807, 2.05) is 0 Å². The van der Waals surface area contributed by atoms with E-state index in [4.69, 9.17) is 5.11 Å². The molecule has 2 nitrogen and oxygen atoms in total. The quantitative estimate of drug-likeness (QED) is 0.706. The van der Waals surface area contributed by atoms with Crippen LogP contribution >= 0.6 is 0 Å². The van der Waals surface area contributed by atoms with Gasteiger partial charge in [0.2, 0.25) is 0 Å². The molecule has 0 aliphatic carbocycles. The number of hydrogen-bond acceptors (Lipinski definition) is 2.